The topological polar surface area (TPSA) is 103 Å². The number of carbonyl (C=O) groups excluding carboxylic acids is 1. The first-order chi connectivity index (χ1) is 15.8. The first kappa shape index (κ1) is 23.4. The Bertz CT molecular complexity index is 1350. The molecule has 0 unspecified atom stereocenters. The number of carbonyl (C=O) groups is 1. The van der Waals surface area contributed by atoms with Crippen molar-refractivity contribution in [1.29, 1.82) is 0 Å². The maximum absolute atomic E-state index is 13.3. The van der Waals surface area contributed by atoms with Crippen LogP contribution in [0, 0.1) is 0 Å². The number of hydrogen-bond acceptors (Lipinski definition) is 5. The quantitative estimate of drug-likeness (QED) is 0.572. The molecule has 33 heavy (non-hydrogen) atoms. The van der Waals surface area contributed by atoms with E-state index in [9.17, 15) is 18.0 Å². The van der Waals surface area contributed by atoms with E-state index < -0.39 is 10.0 Å². The standard InChI is InChI=1S/C23H25ClN4O4S/c1-2-27(15-21-25-19-9-5-4-8-17(19)22(29)26-21)23(30)16-10-11-18(24)20(14-16)33(31,32)28-12-6-3-7-13-28/h4-5,8-11,14H,2-3,6-7,12-13,15H2,1H3,(H,25,26,29). The van der Waals surface area contributed by atoms with Crippen molar-refractivity contribution in [2.24, 2.45) is 0 Å². The fourth-order valence-corrected chi connectivity index (χ4v) is 6.00. The number of nitrogens with zero attached hydrogens (tertiary/aromatic N) is 3. The summed E-state index contributed by atoms with van der Waals surface area (Å²) in [7, 11) is -3.80. The number of fused-ring (bicyclic) bond motifs is 1. The Morgan fingerprint density at radius 3 is 2.61 bits per heavy atom. The van der Waals surface area contributed by atoms with E-state index in [2.05, 4.69) is 9.97 Å². The predicted molar refractivity (Wildman–Crippen MR) is 127 cm³/mol. The molecule has 0 atom stereocenters. The summed E-state index contributed by atoms with van der Waals surface area (Å²) in [6.07, 6.45) is 2.60. The molecule has 1 aliphatic heterocycles. The Balaban J connectivity index is 1.63. The molecule has 1 N–H and O–H groups in total. The molecule has 8 nitrogen and oxygen atoms in total. The number of H-pyrrole nitrogens is 1. The molecule has 4 rings (SSSR count). The first-order valence-corrected chi connectivity index (χ1v) is 12.7. The van der Waals surface area contributed by atoms with Crippen LogP contribution in [0.5, 0.6) is 0 Å². The van der Waals surface area contributed by atoms with Gasteiger partial charge in [-0.05, 0) is 50.1 Å². The van der Waals surface area contributed by atoms with Crippen molar-refractivity contribution >= 4 is 38.4 Å². The van der Waals surface area contributed by atoms with E-state index in [0.717, 1.165) is 19.3 Å². The molecule has 0 saturated carbocycles. The second-order valence-electron chi connectivity index (χ2n) is 7.96. The monoisotopic (exact) mass is 488 g/mol. The molecular weight excluding hydrogens is 464 g/mol. The van der Waals surface area contributed by atoms with Gasteiger partial charge in [0.2, 0.25) is 10.0 Å². The molecule has 2 heterocycles. The lowest BCUT2D eigenvalue weighted by atomic mass is 10.2. The van der Waals surface area contributed by atoms with Crippen LogP contribution >= 0.6 is 11.6 Å². The SMILES string of the molecule is CCN(Cc1nc2ccccc2c(=O)[nH]1)C(=O)c1ccc(Cl)c(S(=O)(=O)N2CCCCC2)c1. The Morgan fingerprint density at radius 2 is 1.88 bits per heavy atom. The average molecular weight is 489 g/mol. The van der Waals surface area contributed by atoms with Crippen LogP contribution in [0.4, 0.5) is 0 Å². The van der Waals surface area contributed by atoms with Gasteiger partial charge in [-0.25, -0.2) is 13.4 Å². The number of rotatable bonds is 6. The number of para-hydroxylation sites is 1. The van der Waals surface area contributed by atoms with Gasteiger partial charge in [-0.1, -0.05) is 30.2 Å². The third-order valence-corrected chi connectivity index (χ3v) is 8.16. The first-order valence-electron chi connectivity index (χ1n) is 10.9. The summed E-state index contributed by atoms with van der Waals surface area (Å²) in [4.78, 5) is 34.2. The van der Waals surface area contributed by atoms with Gasteiger partial charge >= 0.3 is 0 Å². The van der Waals surface area contributed by atoms with Crippen molar-refractivity contribution in [3.05, 3.63) is 69.2 Å². The maximum atomic E-state index is 13.3. The minimum atomic E-state index is -3.80. The number of hydrogen-bond donors (Lipinski definition) is 1. The summed E-state index contributed by atoms with van der Waals surface area (Å²) in [5, 5.41) is 0.557. The van der Waals surface area contributed by atoms with Gasteiger partial charge in [0.1, 0.15) is 10.7 Å². The lowest BCUT2D eigenvalue weighted by Gasteiger charge is -2.26. The van der Waals surface area contributed by atoms with Gasteiger partial charge in [0.25, 0.3) is 11.5 Å². The number of halogens is 1. The van der Waals surface area contributed by atoms with Crippen LogP contribution in [0.1, 0.15) is 42.4 Å². The second-order valence-corrected chi connectivity index (χ2v) is 10.3. The molecule has 1 saturated heterocycles. The molecule has 1 fully saturated rings. The highest BCUT2D eigenvalue weighted by Gasteiger charge is 2.29. The summed E-state index contributed by atoms with van der Waals surface area (Å²) >= 11 is 6.24. The van der Waals surface area contributed by atoms with Crippen molar-refractivity contribution in [2.45, 2.75) is 37.6 Å². The van der Waals surface area contributed by atoms with E-state index in [-0.39, 0.29) is 33.5 Å². The predicted octanol–water partition coefficient (Wildman–Crippen LogP) is 3.41. The van der Waals surface area contributed by atoms with E-state index in [1.165, 1.54) is 27.4 Å². The lowest BCUT2D eigenvalue weighted by molar-refractivity contribution is 0.0748. The summed E-state index contributed by atoms with van der Waals surface area (Å²) in [5.41, 5.74) is 0.474. The average Bonchev–Trinajstić information content (AvgIpc) is 2.83. The fraction of sp³-hybridized carbons (Fsp3) is 0.348. The molecule has 3 aromatic rings. The molecule has 174 valence electrons. The Hall–Kier alpha value is -2.75. The van der Waals surface area contributed by atoms with Gasteiger partial charge in [-0.15, -0.1) is 0 Å². The molecule has 0 aliphatic carbocycles. The lowest BCUT2D eigenvalue weighted by Crippen LogP contribution is -2.36. The van der Waals surface area contributed by atoms with E-state index in [1.54, 1.807) is 31.2 Å². The zero-order valence-electron chi connectivity index (χ0n) is 18.3. The third-order valence-electron chi connectivity index (χ3n) is 5.78. The number of nitrogens with one attached hydrogen (secondary N) is 1. The minimum Gasteiger partial charge on any atom is -0.331 e. The van der Waals surface area contributed by atoms with E-state index in [4.69, 9.17) is 11.6 Å². The van der Waals surface area contributed by atoms with Gasteiger partial charge < -0.3 is 9.88 Å². The number of aromatic amines is 1. The summed E-state index contributed by atoms with van der Waals surface area (Å²) in [6, 6.07) is 11.3. The fourth-order valence-electron chi connectivity index (χ4n) is 3.98. The Labute approximate surface area is 197 Å². The van der Waals surface area contributed by atoms with Crippen LogP contribution in [0.15, 0.2) is 52.2 Å². The van der Waals surface area contributed by atoms with Gasteiger partial charge in [0.05, 0.1) is 22.5 Å². The van der Waals surface area contributed by atoms with Crippen molar-refractivity contribution in [3.63, 3.8) is 0 Å². The number of piperidine rings is 1. The molecule has 1 aromatic heterocycles. The molecule has 1 amide bonds. The Kier molecular flexibility index (Phi) is 6.83. The summed E-state index contributed by atoms with van der Waals surface area (Å²) in [6.45, 7) is 3.11. The van der Waals surface area contributed by atoms with Gasteiger partial charge in [-0.3, -0.25) is 9.59 Å². The molecule has 10 heteroatoms. The molecule has 2 aromatic carbocycles. The highest BCUT2D eigenvalue weighted by atomic mass is 35.5. The molecular formula is C23H25ClN4O4S. The van der Waals surface area contributed by atoms with E-state index in [0.29, 0.717) is 36.4 Å². The molecule has 0 radical (unpaired) electrons. The van der Waals surface area contributed by atoms with Crippen molar-refractivity contribution in [1.82, 2.24) is 19.2 Å². The summed E-state index contributed by atoms with van der Waals surface area (Å²) < 4.78 is 27.7. The van der Waals surface area contributed by atoms with Crippen LogP contribution in [-0.2, 0) is 16.6 Å². The van der Waals surface area contributed by atoms with E-state index in [1.807, 2.05) is 0 Å². The largest absolute Gasteiger partial charge is 0.331 e. The molecule has 0 bridgehead atoms. The van der Waals surface area contributed by atoms with Gasteiger partial charge in [0, 0.05) is 25.2 Å². The number of sulfonamides is 1. The van der Waals surface area contributed by atoms with E-state index >= 15 is 0 Å². The van der Waals surface area contributed by atoms with Crippen LogP contribution in [0.25, 0.3) is 10.9 Å². The number of amides is 1. The highest BCUT2D eigenvalue weighted by Crippen LogP contribution is 2.28. The number of aromatic nitrogens is 2. The van der Waals surface area contributed by atoms with Crippen molar-refractivity contribution in [2.75, 3.05) is 19.6 Å². The Morgan fingerprint density at radius 1 is 1.15 bits per heavy atom. The van der Waals surface area contributed by atoms with Crippen LogP contribution < -0.4 is 5.56 Å². The van der Waals surface area contributed by atoms with Crippen molar-refractivity contribution in [3.8, 4) is 0 Å². The van der Waals surface area contributed by atoms with Crippen LogP contribution in [-0.4, -0.2) is 53.1 Å². The third kappa shape index (κ3) is 4.80. The number of benzene rings is 2. The summed E-state index contributed by atoms with van der Waals surface area (Å²) in [5.74, 6) is -0.0240. The highest BCUT2D eigenvalue weighted by molar-refractivity contribution is 7.89. The van der Waals surface area contributed by atoms with Crippen molar-refractivity contribution < 1.29 is 13.2 Å². The zero-order valence-corrected chi connectivity index (χ0v) is 19.8. The minimum absolute atomic E-state index is 0.0646. The smallest absolute Gasteiger partial charge is 0.258 e. The van der Waals surface area contributed by atoms with Crippen LogP contribution in [0.3, 0.4) is 0 Å². The van der Waals surface area contributed by atoms with Crippen LogP contribution in [0.2, 0.25) is 5.02 Å². The molecule has 1 aliphatic rings. The van der Waals surface area contributed by atoms with Gasteiger partial charge in [0.15, 0.2) is 0 Å². The molecule has 0 spiro atoms. The maximum Gasteiger partial charge on any atom is 0.258 e. The second kappa shape index (κ2) is 9.62. The zero-order chi connectivity index (χ0) is 23.6. The van der Waals surface area contributed by atoms with Gasteiger partial charge in [-0.2, -0.15) is 4.31 Å². The normalized spacial score (nSPS) is 15.0.